The van der Waals surface area contributed by atoms with Gasteiger partial charge in [-0.2, -0.15) is 5.48 Å². The molecule has 0 heterocycles. The molecule has 3 heteroatoms. The zero-order valence-corrected chi connectivity index (χ0v) is 5.85. The average Bonchev–Trinajstić information content (AvgIpc) is 1.82. The molecule has 1 atom stereocenters. The van der Waals surface area contributed by atoms with Gasteiger partial charge in [0.25, 0.3) is 0 Å². The molecule has 0 aromatic rings. The SMILES string of the molecule is C=C(C)C(CO)NOC. The lowest BCUT2D eigenvalue weighted by molar-refractivity contribution is 0.0519. The van der Waals surface area contributed by atoms with Crippen molar-refractivity contribution in [3.8, 4) is 0 Å². The number of nitrogens with one attached hydrogen (secondary N) is 1. The molecular weight excluding hydrogens is 118 g/mol. The van der Waals surface area contributed by atoms with Gasteiger partial charge in [-0.1, -0.05) is 12.2 Å². The zero-order chi connectivity index (χ0) is 7.28. The number of hydroxylamine groups is 1. The summed E-state index contributed by atoms with van der Waals surface area (Å²) in [4.78, 5) is 4.59. The highest BCUT2D eigenvalue weighted by atomic mass is 16.6. The van der Waals surface area contributed by atoms with E-state index in [-0.39, 0.29) is 12.6 Å². The smallest absolute Gasteiger partial charge is 0.0757 e. The third kappa shape index (κ3) is 3.24. The largest absolute Gasteiger partial charge is 0.394 e. The van der Waals surface area contributed by atoms with E-state index in [0.29, 0.717) is 0 Å². The second kappa shape index (κ2) is 4.49. The van der Waals surface area contributed by atoms with Crippen LogP contribution in [0.3, 0.4) is 0 Å². The zero-order valence-electron chi connectivity index (χ0n) is 5.85. The number of aliphatic hydroxyl groups is 1. The Morgan fingerprint density at radius 3 is 2.56 bits per heavy atom. The van der Waals surface area contributed by atoms with Gasteiger partial charge in [-0.15, -0.1) is 0 Å². The maximum Gasteiger partial charge on any atom is 0.0757 e. The van der Waals surface area contributed by atoms with E-state index in [2.05, 4.69) is 16.9 Å². The van der Waals surface area contributed by atoms with Crippen molar-refractivity contribution in [2.75, 3.05) is 13.7 Å². The van der Waals surface area contributed by atoms with Crippen molar-refractivity contribution >= 4 is 0 Å². The first kappa shape index (κ1) is 8.62. The van der Waals surface area contributed by atoms with Crippen LogP contribution in [0.1, 0.15) is 6.92 Å². The monoisotopic (exact) mass is 131 g/mol. The van der Waals surface area contributed by atoms with E-state index in [1.807, 2.05) is 6.92 Å². The lowest BCUT2D eigenvalue weighted by atomic mass is 10.2. The molecule has 54 valence electrons. The van der Waals surface area contributed by atoms with Crippen molar-refractivity contribution in [1.29, 1.82) is 0 Å². The molecule has 0 aliphatic heterocycles. The molecule has 0 aliphatic carbocycles. The number of hydrogen-bond donors (Lipinski definition) is 2. The van der Waals surface area contributed by atoms with E-state index in [1.54, 1.807) is 0 Å². The molecule has 0 fully saturated rings. The molecule has 9 heavy (non-hydrogen) atoms. The minimum absolute atomic E-state index is 0.0170. The third-order valence-electron chi connectivity index (χ3n) is 1.04. The molecular formula is C6H13NO2. The maximum absolute atomic E-state index is 8.62. The molecule has 0 rings (SSSR count). The van der Waals surface area contributed by atoms with E-state index >= 15 is 0 Å². The van der Waals surface area contributed by atoms with E-state index in [4.69, 9.17) is 5.11 Å². The summed E-state index contributed by atoms with van der Waals surface area (Å²) in [5, 5.41) is 8.62. The Bertz CT molecular complexity index is 93.1. The predicted octanol–water partition coefficient (Wildman–Crippen LogP) is 0.0744. The van der Waals surface area contributed by atoms with Crippen LogP contribution in [0, 0.1) is 0 Å². The molecule has 1 unspecified atom stereocenters. The first-order valence-corrected chi connectivity index (χ1v) is 2.77. The standard InChI is InChI=1S/C6H13NO2/c1-5(2)6(4-8)7-9-3/h6-8H,1,4H2,2-3H3. The van der Waals surface area contributed by atoms with Gasteiger partial charge in [0, 0.05) is 0 Å². The Kier molecular flexibility index (Phi) is 4.30. The summed E-state index contributed by atoms with van der Waals surface area (Å²) in [6, 6.07) is -0.144. The molecule has 0 radical (unpaired) electrons. The predicted molar refractivity (Wildman–Crippen MR) is 35.8 cm³/mol. The summed E-state index contributed by atoms with van der Waals surface area (Å²) in [6.45, 7) is 5.49. The fourth-order valence-electron chi connectivity index (χ4n) is 0.436. The second-order valence-corrected chi connectivity index (χ2v) is 1.90. The molecule has 0 saturated carbocycles. The normalized spacial score (nSPS) is 13.2. The first-order valence-electron chi connectivity index (χ1n) is 2.77. The molecule has 0 aliphatic rings. The van der Waals surface area contributed by atoms with Gasteiger partial charge in [-0.3, -0.25) is 0 Å². The number of aliphatic hydroxyl groups excluding tert-OH is 1. The summed E-state index contributed by atoms with van der Waals surface area (Å²) >= 11 is 0. The van der Waals surface area contributed by atoms with E-state index in [1.165, 1.54) is 7.11 Å². The van der Waals surface area contributed by atoms with Crippen LogP contribution in [0.4, 0.5) is 0 Å². The van der Waals surface area contributed by atoms with Crippen LogP contribution in [0.15, 0.2) is 12.2 Å². The highest BCUT2D eigenvalue weighted by molar-refractivity contribution is 4.99. The molecule has 0 amide bonds. The minimum atomic E-state index is -0.144. The van der Waals surface area contributed by atoms with Gasteiger partial charge < -0.3 is 9.94 Å². The van der Waals surface area contributed by atoms with Gasteiger partial charge in [0.1, 0.15) is 0 Å². The maximum atomic E-state index is 8.62. The molecule has 0 bridgehead atoms. The molecule has 2 N–H and O–H groups in total. The Labute approximate surface area is 55.3 Å². The molecule has 0 saturated heterocycles. The van der Waals surface area contributed by atoms with E-state index < -0.39 is 0 Å². The van der Waals surface area contributed by atoms with Crippen molar-refractivity contribution in [2.45, 2.75) is 13.0 Å². The lowest BCUT2D eigenvalue weighted by Gasteiger charge is -2.12. The summed E-state index contributed by atoms with van der Waals surface area (Å²) < 4.78 is 0. The molecule has 0 spiro atoms. The first-order chi connectivity index (χ1) is 4.22. The van der Waals surface area contributed by atoms with Gasteiger partial charge in [-0.25, -0.2) is 0 Å². The van der Waals surface area contributed by atoms with Crippen LogP contribution < -0.4 is 5.48 Å². The molecule has 0 aromatic carbocycles. The summed E-state index contributed by atoms with van der Waals surface area (Å²) in [5.41, 5.74) is 3.44. The van der Waals surface area contributed by atoms with E-state index in [0.717, 1.165) is 5.57 Å². The third-order valence-corrected chi connectivity index (χ3v) is 1.04. The molecule has 0 aromatic heterocycles. The van der Waals surface area contributed by atoms with Gasteiger partial charge in [0.2, 0.25) is 0 Å². The van der Waals surface area contributed by atoms with Crippen molar-refractivity contribution in [1.82, 2.24) is 5.48 Å². The van der Waals surface area contributed by atoms with Crippen molar-refractivity contribution < 1.29 is 9.94 Å². The fourth-order valence-corrected chi connectivity index (χ4v) is 0.436. The summed E-state index contributed by atoms with van der Waals surface area (Å²) in [7, 11) is 1.51. The van der Waals surface area contributed by atoms with Gasteiger partial charge in [0.05, 0.1) is 19.8 Å². The Morgan fingerprint density at radius 1 is 1.89 bits per heavy atom. The van der Waals surface area contributed by atoms with Crippen molar-refractivity contribution in [3.63, 3.8) is 0 Å². The summed E-state index contributed by atoms with van der Waals surface area (Å²) in [6.07, 6.45) is 0. The topological polar surface area (TPSA) is 41.5 Å². The van der Waals surface area contributed by atoms with Crippen LogP contribution >= 0.6 is 0 Å². The minimum Gasteiger partial charge on any atom is -0.394 e. The summed E-state index contributed by atoms with van der Waals surface area (Å²) in [5.74, 6) is 0. The van der Waals surface area contributed by atoms with Crippen LogP contribution in [0.25, 0.3) is 0 Å². The van der Waals surface area contributed by atoms with Gasteiger partial charge in [0.15, 0.2) is 0 Å². The number of rotatable bonds is 4. The van der Waals surface area contributed by atoms with Gasteiger partial charge >= 0.3 is 0 Å². The van der Waals surface area contributed by atoms with Crippen LogP contribution in [-0.4, -0.2) is 24.9 Å². The Morgan fingerprint density at radius 2 is 2.44 bits per heavy atom. The highest BCUT2D eigenvalue weighted by Crippen LogP contribution is 1.94. The van der Waals surface area contributed by atoms with Crippen LogP contribution in [0.2, 0.25) is 0 Å². The molecule has 3 nitrogen and oxygen atoms in total. The van der Waals surface area contributed by atoms with Gasteiger partial charge in [-0.05, 0) is 6.92 Å². The van der Waals surface area contributed by atoms with Crippen LogP contribution in [0.5, 0.6) is 0 Å². The fraction of sp³-hybridized carbons (Fsp3) is 0.667. The lowest BCUT2D eigenvalue weighted by Crippen LogP contribution is -2.32. The Balaban J connectivity index is 3.54. The quantitative estimate of drug-likeness (QED) is 0.419. The average molecular weight is 131 g/mol. The second-order valence-electron chi connectivity index (χ2n) is 1.90. The number of hydrogen-bond acceptors (Lipinski definition) is 3. The Hall–Kier alpha value is -0.380. The van der Waals surface area contributed by atoms with Crippen molar-refractivity contribution in [2.24, 2.45) is 0 Å². The highest BCUT2D eigenvalue weighted by Gasteiger charge is 2.04. The van der Waals surface area contributed by atoms with Crippen molar-refractivity contribution in [3.05, 3.63) is 12.2 Å². The van der Waals surface area contributed by atoms with E-state index in [9.17, 15) is 0 Å². The van der Waals surface area contributed by atoms with Crippen LogP contribution in [-0.2, 0) is 4.84 Å².